The van der Waals surface area contributed by atoms with Crippen molar-refractivity contribution < 1.29 is 62.9 Å². The summed E-state index contributed by atoms with van der Waals surface area (Å²) in [5.74, 6) is -16.8. The van der Waals surface area contributed by atoms with Crippen molar-refractivity contribution in [2.24, 2.45) is 17.2 Å². The Bertz CT molecular complexity index is 2000. The molecular formula is C27H42N2O5S. The molecular weight excluding hydrogens is 464 g/mol. The van der Waals surface area contributed by atoms with Crippen molar-refractivity contribution in [1.82, 2.24) is 10.3 Å². The van der Waals surface area contributed by atoms with Crippen molar-refractivity contribution in [1.29, 1.82) is 0 Å². The molecule has 0 radical (unpaired) electrons. The van der Waals surface area contributed by atoms with E-state index in [4.69, 9.17) is 41.7 Å². The summed E-state index contributed by atoms with van der Waals surface area (Å²) < 4.78 is 244. The number of carbonyl (C=O) groups is 2. The Kier molecular flexibility index (Phi) is 2.69. The third-order valence-electron chi connectivity index (χ3n) is 4.80. The van der Waals surface area contributed by atoms with E-state index in [0.717, 1.165) is 24.3 Å². The number of nitrogens with zero attached hydrogens (tertiary/aromatic N) is 1. The van der Waals surface area contributed by atoms with Crippen LogP contribution in [0.25, 0.3) is 6.08 Å². The van der Waals surface area contributed by atoms with Crippen molar-refractivity contribution in [3.05, 3.63) is 21.7 Å². The van der Waals surface area contributed by atoms with Crippen LogP contribution < -0.4 is 5.32 Å². The summed E-state index contributed by atoms with van der Waals surface area (Å²) in [5.41, 5.74) is -10.6. The van der Waals surface area contributed by atoms with Crippen LogP contribution in [0.4, 0.5) is 0 Å². The Balaban J connectivity index is 2.85. The van der Waals surface area contributed by atoms with Crippen LogP contribution in [0.5, 0.6) is 0 Å². The maximum absolute atomic E-state index is 14.9. The van der Waals surface area contributed by atoms with Gasteiger partial charge in [0.2, 0.25) is 5.91 Å². The smallest absolute Gasteiger partial charge is 0.223 e. The number of epoxide rings is 1. The van der Waals surface area contributed by atoms with Gasteiger partial charge in [0, 0.05) is 51.9 Å². The molecule has 1 amide bonds. The van der Waals surface area contributed by atoms with Crippen LogP contribution in [-0.2, 0) is 14.3 Å². The minimum Gasteiger partial charge on any atom is -0.392 e. The molecule has 0 saturated carbocycles. The topological polar surface area (TPSA) is 112 Å². The lowest BCUT2D eigenvalue weighted by Crippen LogP contribution is -2.47. The number of Topliss-reactive ketones (excluding diaryl/α,β-unsaturated/α-hetero) is 1. The first-order valence-corrected chi connectivity index (χ1v) is 10.7. The zero-order valence-electron chi connectivity index (χ0n) is 46.4. The Morgan fingerprint density at radius 3 is 2.80 bits per heavy atom. The Hall–Kier alpha value is -1.61. The number of nitrogens with one attached hydrogen (secondary N) is 1. The number of rotatable bonds is 2. The highest BCUT2D eigenvalue weighted by Gasteiger charge is 2.52. The molecule has 196 valence electrons. The molecule has 8 heteroatoms. The van der Waals surface area contributed by atoms with Gasteiger partial charge in [-0.1, -0.05) is 33.8 Å². The zero-order valence-corrected chi connectivity index (χ0v) is 19.2. The Morgan fingerprint density at radius 1 is 1.37 bits per heavy atom. The second-order valence-corrected chi connectivity index (χ2v) is 8.67. The molecule has 0 aliphatic carbocycles. The number of aryl methyl sites for hydroxylation is 1. The van der Waals surface area contributed by atoms with Gasteiger partial charge in [0.25, 0.3) is 0 Å². The van der Waals surface area contributed by atoms with Gasteiger partial charge in [0.05, 0.1) is 56.5 Å². The lowest BCUT2D eigenvalue weighted by molar-refractivity contribution is -0.143. The average molecular weight is 535 g/mol. The fraction of sp³-hybridized carbons (Fsp3) is 0.741. The number of carbonyl (C=O) groups excluding carboxylic acids is 2. The van der Waals surface area contributed by atoms with Gasteiger partial charge in [-0.3, -0.25) is 9.59 Å². The quantitative estimate of drug-likeness (QED) is 0.494. The number of fused-ring (bicyclic) bond motifs is 1. The van der Waals surface area contributed by atoms with Gasteiger partial charge < -0.3 is 20.3 Å². The first-order valence-electron chi connectivity index (χ1n) is 23.9. The van der Waals surface area contributed by atoms with Gasteiger partial charge in [0.1, 0.15) is 5.78 Å². The van der Waals surface area contributed by atoms with Gasteiger partial charge in [-0.2, -0.15) is 0 Å². The van der Waals surface area contributed by atoms with Crippen molar-refractivity contribution in [3.63, 3.8) is 0 Å². The second kappa shape index (κ2) is 10.8. The van der Waals surface area contributed by atoms with Gasteiger partial charge >= 0.3 is 0 Å². The molecule has 7 nitrogen and oxygen atoms in total. The number of hydrogen-bond donors (Lipinski definition) is 3. The summed E-state index contributed by atoms with van der Waals surface area (Å²) in [6.45, 7) is -21.9. The molecule has 0 unspecified atom stereocenters. The van der Waals surface area contributed by atoms with Crippen LogP contribution in [0.15, 0.2) is 11.0 Å². The standard InChI is InChI=1S/C27H42N2O5S/c1-15-9-8-10-27(7)22(34-27)12-20(16(2)11-19-14-35-18(4)28-19)29-23(31)13-21(30)26(5,6)25(33)17(3)24(15)32/h11,14-15,17,20-22,24,30,32H,8-10,12-13H2,1-7H3,(H,29,31)/b16-11+/t15-,17-,20+,21+,22-,24+,27+/m1/s1/i1D3,3D3,5D3,6D3,7D3,8D2,9D2,10D2,12D2,15D,17D,20D,22D,24D. The highest BCUT2D eigenvalue weighted by molar-refractivity contribution is 7.09. The van der Waals surface area contributed by atoms with Crippen molar-refractivity contribution >= 4 is 29.1 Å². The van der Waals surface area contributed by atoms with Gasteiger partial charge in [0.15, 0.2) is 0 Å². The minimum atomic E-state index is -5.84. The Morgan fingerprint density at radius 2 is 2.17 bits per heavy atom. The highest BCUT2D eigenvalue weighted by Crippen LogP contribution is 2.44. The molecule has 2 fully saturated rings. The number of aliphatic hydroxyl groups is 2. The first-order chi connectivity index (χ1) is 27.3. The van der Waals surface area contributed by atoms with Crippen LogP contribution in [0.2, 0.25) is 0 Å². The fourth-order valence-corrected chi connectivity index (χ4v) is 3.32. The molecule has 2 aliphatic heterocycles. The predicted molar refractivity (Wildman–Crippen MR) is 138 cm³/mol. The lowest BCUT2D eigenvalue weighted by Gasteiger charge is -2.34. The lowest BCUT2D eigenvalue weighted by atomic mass is 9.72. The molecule has 2 aliphatic rings. The van der Waals surface area contributed by atoms with Crippen LogP contribution in [0.3, 0.4) is 0 Å². The fourth-order valence-electron chi connectivity index (χ4n) is 2.75. The normalized spacial score (nSPS) is 67.3. The average Bonchev–Trinajstić information content (AvgIpc) is 3.56. The van der Waals surface area contributed by atoms with Gasteiger partial charge in [-0.05, 0) is 51.0 Å². The Labute approximate surface area is 252 Å². The molecule has 0 aromatic carbocycles. The van der Waals surface area contributed by atoms with Gasteiger partial charge in [-0.25, -0.2) is 4.98 Å². The summed E-state index contributed by atoms with van der Waals surface area (Å²) in [5, 5.41) is 26.7. The minimum absolute atomic E-state index is 0.137. The molecule has 3 N–H and O–H groups in total. The van der Waals surface area contributed by atoms with E-state index in [-0.39, 0.29) is 5.69 Å². The largest absolute Gasteiger partial charge is 0.392 e. The van der Waals surface area contributed by atoms with E-state index in [9.17, 15) is 21.2 Å². The number of hydrogen-bond acceptors (Lipinski definition) is 7. The van der Waals surface area contributed by atoms with E-state index in [1.54, 1.807) is 5.32 Å². The van der Waals surface area contributed by atoms with E-state index < -0.39 is 131 Å². The van der Waals surface area contributed by atoms with Crippen molar-refractivity contribution in [3.8, 4) is 0 Å². The number of amides is 1. The highest BCUT2D eigenvalue weighted by atomic mass is 32.1. The van der Waals surface area contributed by atoms with Gasteiger partial charge in [-0.15, -0.1) is 11.3 Å². The number of ketones is 1. The van der Waals surface area contributed by atoms with E-state index in [1.807, 2.05) is 0 Å². The van der Waals surface area contributed by atoms with E-state index in [2.05, 4.69) is 4.98 Å². The zero-order chi connectivity index (χ0) is 50.4. The monoisotopic (exact) mass is 534 g/mol. The SMILES string of the molecule is [2H]C([2H])([2H])C1(C([2H])([2H])[2H])C(=O)[C@]([2H])(C([2H])([2H])[2H])[C@@]([2H])(O)[C@]([2H])(C([2H])([2H])[2H])C([2H])([2H])C([2H])([2H])C([2H])([2H])[C@]2(C([2H])([2H])[2H])O[C@]2([2H])C([2H])([2H])[C@@]([2H])(/C(C)=C/c2csc(C)n2)NC(=O)C[C@@H]1O. The number of ether oxygens (including phenoxy) is 1. The maximum Gasteiger partial charge on any atom is 0.223 e. The number of aromatic nitrogens is 1. The molecule has 0 bridgehead atoms. The summed E-state index contributed by atoms with van der Waals surface area (Å²) in [6.07, 6.45) is -35.6. The summed E-state index contributed by atoms with van der Waals surface area (Å²) in [4.78, 5) is 32.9. The molecule has 3 rings (SSSR count). The first kappa shape index (κ1) is 8.72. The molecule has 1 aromatic heterocycles. The van der Waals surface area contributed by atoms with E-state index >= 15 is 0 Å². The molecule has 3 heterocycles. The third-order valence-corrected chi connectivity index (χ3v) is 5.59. The molecule has 0 spiro atoms. The van der Waals surface area contributed by atoms with E-state index in [0.29, 0.717) is 5.01 Å². The van der Waals surface area contributed by atoms with Crippen LogP contribution in [0.1, 0.15) is 122 Å². The summed E-state index contributed by atoms with van der Waals surface area (Å²) in [6, 6.07) is -3.85. The predicted octanol–water partition coefficient (Wildman–Crippen LogP) is 4.05. The van der Waals surface area contributed by atoms with Crippen LogP contribution in [0, 0.1) is 24.1 Å². The molecule has 2 saturated heterocycles. The van der Waals surface area contributed by atoms with E-state index in [1.165, 1.54) is 12.3 Å². The summed E-state index contributed by atoms with van der Waals surface area (Å²) in [7, 11) is 0. The van der Waals surface area contributed by atoms with Crippen molar-refractivity contribution in [2.45, 2.75) is 110 Å². The van der Waals surface area contributed by atoms with Crippen molar-refractivity contribution in [2.75, 3.05) is 0 Å². The number of aliphatic hydroxyl groups excluding tert-OH is 1. The molecule has 35 heavy (non-hydrogen) atoms. The second-order valence-electron chi connectivity index (χ2n) is 7.61. The summed E-state index contributed by atoms with van der Waals surface area (Å²) >= 11 is 0.962. The van der Waals surface area contributed by atoms with Crippen LogP contribution in [-0.4, -0.2) is 56.8 Å². The third kappa shape index (κ3) is 6.59. The van der Waals surface area contributed by atoms with Crippen LogP contribution >= 0.6 is 11.3 Å². The maximum atomic E-state index is 14.9. The number of thiazole rings is 1. The molecule has 7 atom stereocenters. The molecule has 1 aromatic rings.